The van der Waals surface area contributed by atoms with Gasteiger partial charge in [0, 0.05) is 0 Å². The molecule has 1 rings (SSSR count). The molecule has 0 aliphatic heterocycles. The summed E-state index contributed by atoms with van der Waals surface area (Å²) in [6.07, 6.45) is -5.68. The van der Waals surface area contributed by atoms with E-state index in [1.807, 2.05) is 0 Å². The monoisotopic (exact) mass is 274 g/mol. The minimum atomic E-state index is -5.68. The van der Waals surface area contributed by atoms with Gasteiger partial charge in [-0.3, -0.25) is 0 Å². The topological polar surface area (TPSA) is 26.3 Å². The molecule has 1 aromatic heterocycles. The van der Waals surface area contributed by atoms with Crippen molar-refractivity contribution in [3.8, 4) is 0 Å². The number of carbonyl (C=O) groups excluding carboxylic acids is 1. The van der Waals surface area contributed by atoms with Crippen molar-refractivity contribution in [1.29, 1.82) is 0 Å². The number of aryl methyl sites for hydroxylation is 1. The first-order chi connectivity index (χ1) is 7.61. The third kappa shape index (κ3) is 2.41. The number of alkyl halides is 5. The van der Waals surface area contributed by atoms with Gasteiger partial charge in [-0.2, -0.15) is 22.0 Å². The van der Waals surface area contributed by atoms with E-state index >= 15 is 0 Å². The Morgan fingerprint density at radius 2 is 1.82 bits per heavy atom. The van der Waals surface area contributed by atoms with Crippen LogP contribution >= 0.6 is 11.3 Å². The Bertz CT molecular complexity index is 435. The average molecular weight is 274 g/mol. The fraction of sp³-hybridized carbons (Fsp3) is 0.444. The third-order valence-corrected chi connectivity index (χ3v) is 3.24. The molecule has 0 bridgehead atoms. The lowest BCUT2D eigenvalue weighted by Gasteiger charge is -2.17. The Kier molecular flexibility index (Phi) is 3.47. The van der Waals surface area contributed by atoms with Crippen LogP contribution in [0.3, 0.4) is 0 Å². The summed E-state index contributed by atoms with van der Waals surface area (Å²) in [5.74, 6) is -5.90. The van der Waals surface area contributed by atoms with Crippen LogP contribution in [0.2, 0.25) is 0 Å². The number of methoxy groups -OCH3 is 1. The van der Waals surface area contributed by atoms with E-state index in [0.717, 1.165) is 7.11 Å². The number of rotatable bonds is 2. The predicted molar refractivity (Wildman–Crippen MR) is 50.3 cm³/mol. The van der Waals surface area contributed by atoms with Crippen LogP contribution in [0, 0.1) is 6.92 Å². The lowest BCUT2D eigenvalue weighted by molar-refractivity contribution is -0.287. The van der Waals surface area contributed by atoms with Crippen LogP contribution in [0.15, 0.2) is 6.07 Å². The van der Waals surface area contributed by atoms with Crippen molar-refractivity contribution >= 4 is 17.3 Å². The quantitative estimate of drug-likeness (QED) is 0.609. The Labute approximate surface area is 97.0 Å². The summed E-state index contributed by atoms with van der Waals surface area (Å²) in [5, 5.41) is 0. The maximum Gasteiger partial charge on any atom is 0.458 e. The molecule has 1 heterocycles. The van der Waals surface area contributed by atoms with E-state index < -0.39 is 22.9 Å². The number of hydrogen-bond donors (Lipinski definition) is 0. The summed E-state index contributed by atoms with van der Waals surface area (Å²) in [6, 6.07) is 0.643. The summed E-state index contributed by atoms with van der Waals surface area (Å²) >= 11 is 0.0815. The van der Waals surface area contributed by atoms with Crippen LogP contribution in [-0.2, 0) is 10.7 Å². The normalized spacial score (nSPS) is 12.6. The maximum absolute atomic E-state index is 13.0. The largest absolute Gasteiger partial charge is 0.465 e. The smallest absolute Gasteiger partial charge is 0.458 e. The molecule has 1 aromatic rings. The molecule has 0 fully saturated rings. The van der Waals surface area contributed by atoms with Gasteiger partial charge in [-0.1, -0.05) is 0 Å². The molecule has 0 saturated heterocycles. The first-order valence-electron chi connectivity index (χ1n) is 4.25. The number of ether oxygens (including phenoxy) is 1. The van der Waals surface area contributed by atoms with Crippen LogP contribution in [-0.4, -0.2) is 19.3 Å². The molecule has 8 heteroatoms. The molecule has 0 N–H and O–H groups in total. The number of carbonyl (C=O) groups is 1. The van der Waals surface area contributed by atoms with Gasteiger partial charge in [0.25, 0.3) is 0 Å². The number of thiophene rings is 1. The molecule has 0 unspecified atom stereocenters. The van der Waals surface area contributed by atoms with Crippen LogP contribution in [0.5, 0.6) is 0 Å². The van der Waals surface area contributed by atoms with Gasteiger partial charge < -0.3 is 4.74 Å². The third-order valence-electron chi connectivity index (χ3n) is 1.95. The standard InChI is InChI=1S/C9H7F5O2S/c1-4-3-5(8(10,11)9(12,13)14)17-6(4)7(15)16-2/h3H,1-2H3. The summed E-state index contributed by atoms with van der Waals surface area (Å²) < 4.78 is 66.4. The number of hydrogen-bond acceptors (Lipinski definition) is 3. The number of esters is 1. The second kappa shape index (κ2) is 4.25. The second-order valence-electron chi connectivity index (χ2n) is 3.19. The van der Waals surface area contributed by atoms with Crippen LogP contribution in [0.25, 0.3) is 0 Å². The Balaban J connectivity index is 3.23. The van der Waals surface area contributed by atoms with E-state index in [4.69, 9.17) is 0 Å². The SMILES string of the molecule is COC(=O)c1sc(C(F)(F)C(F)(F)F)cc1C. The van der Waals surface area contributed by atoms with E-state index in [2.05, 4.69) is 4.74 Å². The number of halogens is 5. The highest BCUT2D eigenvalue weighted by Gasteiger charge is 2.59. The van der Waals surface area contributed by atoms with Gasteiger partial charge in [-0.25, -0.2) is 4.79 Å². The fourth-order valence-electron chi connectivity index (χ4n) is 1.07. The van der Waals surface area contributed by atoms with Gasteiger partial charge in [0.15, 0.2) is 0 Å². The van der Waals surface area contributed by atoms with Crippen LogP contribution < -0.4 is 0 Å². The highest BCUT2D eigenvalue weighted by Crippen LogP contribution is 2.47. The van der Waals surface area contributed by atoms with E-state index in [0.29, 0.717) is 6.07 Å². The van der Waals surface area contributed by atoms with Gasteiger partial charge in [0.05, 0.1) is 12.0 Å². The average Bonchev–Trinajstić information content (AvgIpc) is 2.58. The Morgan fingerprint density at radius 3 is 2.24 bits per heavy atom. The van der Waals surface area contributed by atoms with Crippen molar-refractivity contribution in [3.63, 3.8) is 0 Å². The first kappa shape index (κ1) is 13.9. The van der Waals surface area contributed by atoms with Gasteiger partial charge >= 0.3 is 18.1 Å². The summed E-state index contributed by atoms with van der Waals surface area (Å²) in [5.41, 5.74) is 0.0285. The molecule has 0 aromatic carbocycles. The fourth-order valence-corrected chi connectivity index (χ4v) is 2.16. The first-order valence-corrected chi connectivity index (χ1v) is 5.06. The van der Waals surface area contributed by atoms with Crippen molar-refractivity contribution < 1.29 is 31.5 Å². The minimum absolute atomic E-state index is 0.0285. The lowest BCUT2D eigenvalue weighted by Crippen LogP contribution is -2.32. The zero-order valence-corrected chi connectivity index (χ0v) is 9.51. The molecule has 96 valence electrons. The van der Waals surface area contributed by atoms with Crippen molar-refractivity contribution in [1.82, 2.24) is 0 Å². The maximum atomic E-state index is 13.0. The van der Waals surface area contributed by atoms with Gasteiger partial charge in [-0.15, -0.1) is 11.3 Å². The van der Waals surface area contributed by atoms with Crippen LogP contribution in [0.1, 0.15) is 20.1 Å². The van der Waals surface area contributed by atoms with E-state index in [1.165, 1.54) is 6.92 Å². The van der Waals surface area contributed by atoms with Crippen molar-refractivity contribution in [2.45, 2.75) is 19.0 Å². The molecule has 2 nitrogen and oxygen atoms in total. The molecule has 0 saturated carbocycles. The molecule has 0 atom stereocenters. The van der Waals surface area contributed by atoms with E-state index in [-0.39, 0.29) is 21.8 Å². The summed E-state index contributed by atoms with van der Waals surface area (Å²) in [7, 11) is 1.02. The Hall–Kier alpha value is -1.18. The van der Waals surface area contributed by atoms with Gasteiger partial charge in [0.1, 0.15) is 4.88 Å². The molecule has 17 heavy (non-hydrogen) atoms. The van der Waals surface area contributed by atoms with Crippen molar-refractivity contribution in [2.24, 2.45) is 0 Å². The molecule has 0 aliphatic rings. The zero-order valence-electron chi connectivity index (χ0n) is 8.69. The summed E-state index contributed by atoms with van der Waals surface area (Å²) in [4.78, 5) is 9.61. The zero-order chi connectivity index (χ0) is 13.4. The van der Waals surface area contributed by atoms with Gasteiger partial charge in [0.2, 0.25) is 0 Å². The lowest BCUT2D eigenvalue weighted by atomic mass is 10.2. The van der Waals surface area contributed by atoms with E-state index in [9.17, 15) is 26.7 Å². The molecule has 0 aliphatic carbocycles. The molecular formula is C9H7F5O2S. The van der Waals surface area contributed by atoms with Crippen molar-refractivity contribution in [2.75, 3.05) is 7.11 Å². The molecule has 0 spiro atoms. The highest BCUT2D eigenvalue weighted by molar-refractivity contribution is 7.14. The minimum Gasteiger partial charge on any atom is -0.465 e. The van der Waals surface area contributed by atoms with Crippen LogP contribution in [0.4, 0.5) is 22.0 Å². The molecule has 0 radical (unpaired) electrons. The second-order valence-corrected chi connectivity index (χ2v) is 4.24. The highest BCUT2D eigenvalue weighted by atomic mass is 32.1. The summed E-state index contributed by atoms with van der Waals surface area (Å²) in [6.45, 7) is 1.26. The van der Waals surface area contributed by atoms with Gasteiger partial charge in [-0.05, 0) is 18.6 Å². The molecule has 0 amide bonds. The molecular weight excluding hydrogens is 267 g/mol. The van der Waals surface area contributed by atoms with Crippen molar-refractivity contribution in [3.05, 3.63) is 21.4 Å². The predicted octanol–water partition coefficient (Wildman–Crippen LogP) is 3.50. The Morgan fingerprint density at radius 1 is 1.29 bits per heavy atom. The van der Waals surface area contributed by atoms with E-state index in [1.54, 1.807) is 0 Å².